The zero-order valence-electron chi connectivity index (χ0n) is 24.1. The predicted octanol–water partition coefficient (Wildman–Crippen LogP) is 5.03. The van der Waals surface area contributed by atoms with Crippen LogP contribution in [-0.2, 0) is 16.0 Å². The summed E-state index contributed by atoms with van der Waals surface area (Å²) in [5.41, 5.74) is 4.05. The first-order valence-electron chi connectivity index (χ1n) is 13.3. The zero-order chi connectivity index (χ0) is 29.8. The second-order valence-corrected chi connectivity index (χ2v) is 9.67. The molecule has 0 atom stereocenters. The topological polar surface area (TPSA) is 127 Å². The molecule has 10 heteroatoms. The lowest BCUT2D eigenvalue weighted by atomic mass is 10.1. The van der Waals surface area contributed by atoms with Crippen LogP contribution in [0.4, 0.5) is 21.9 Å². The number of hydrogen-bond acceptors (Lipinski definition) is 8. The maximum atomic E-state index is 12.6. The lowest BCUT2D eigenvalue weighted by Gasteiger charge is -2.16. The van der Waals surface area contributed by atoms with Gasteiger partial charge in [0.1, 0.15) is 18.1 Å². The van der Waals surface area contributed by atoms with Crippen molar-refractivity contribution in [3.05, 3.63) is 77.4 Å². The Labute approximate surface area is 240 Å². The van der Waals surface area contributed by atoms with Crippen molar-refractivity contribution in [3.63, 3.8) is 0 Å². The van der Waals surface area contributed by atoms with E-state index in [1.807, 2.05) is 45.0 Å². The number of amides is 2. The van der Waals surface area contributed by atoms with Crippen LogP contribution in [0.5, 0.6) is 11.5 Å². The number of rotatable bonds is 14. The first kappa shape index (κ1) is 31.0. The fourth-order valence-electron chi connectivity index (χ4n) is 4.01. The fourth-order valence-corrected chi connectivity index (χ4v) is 4.01. The summed E-state index contributed by atoms with van der Waals surface area (Å²) in [6, 6.07) is 17.6. The molecule has 2 amide bonds. The van der Waals surface area contributed by atoms with Crippen LogP contribution in [0.3, 0.4) is 0 Å². The standard InChI is InChI=1S/C31H38N4O6/c1-20(2)33-27-18-23(30(37)40-5)11-13-28(27)41-15-14-32-19-24(36)16-22-10-12-26(29(17-22)39-4)35-31(38)34-25-9-7-6-8-21(25)3/h6-13,17-18,20,32-33H,14-16,19H2,1-5H3,(H2,34,35,38). The Morgan fingerprint density at radius 3 is 2.32 bits per heavy atom. The summed E-state index contributed by atoms with van der Waals surface area (Å²) in [7, 11) is 2.85. The summed E-state index contributed by atoms with van der Waals surface area (Å²) in [5.74, 6) is 0.638. The second kappa shape index (κ2) is 15.3. The molecule has 0 radical (unpaired) electrons. The average Bonchev–Trinajstić information content (AvgIpc) is 2.94. The number of carbonyl (C=O) groups excluding carboxylic acids is 3. The summed E-state index contributed by atoms with van der Waals surface area (Å²) < 4.78 is 16.1. The van der Waals surface area contributed by atoms with Crippen molar-refractivity contribution in [1.82, 2.24) is 5.32 Å². The normalized spacial score (nSPS) is 10.6. The van der Waals surface area contributed by atoms with Crippen LogP contribution in [0.15, 0.2) is 60.7 Å². The number of urea groups is 1. The van der Waals surface area contributed by atoms with Gasteiger partial charge in [0.2, 0.25) is 0 Å². The third kappa shape index (κ3) is 9.54. The summed E-state index contributed by atoms with van der Waals surface area (Å²) in [5, 5.41) is 12.0. The molecule has 0 heterocycles. The van der Waals surface area contributed by atoms with Gasteiger partial charge in [0.05, 0.1) is 37.7 Å². The quantitative estimate of drug-likeness (QED) is 0.159. The van der Waals surface area contributed by atoms with Crippen molar-refractivity contribution in [2.75, 3.05) is 49.9 Å². The largest absolute Gasteiger partial charge is 0.495 e. The molecule has 0 fully saturated rings. The lowest BCUT2D eigenvalue weighted by Crippen LogP contribution is -2.28. The van der Waals surface area contributed by atoms with Crippen molar-refractivity contribution in [2.24, 2.45) is 0 Å². The molecule has 0 unspecified atom stereocenters. The van der Waals surface area contributed by atoms with Crippen LogP contribution in [-0.4, -0.2) is 57.7 Å². The molecule has 3 aromatic carbocycles. The molecule has 41 heavy (non-hydrogen) atoms. The molecule has 0 saturated carbocycles. The first-order valence-corrected chi connectivity index (χ1v) is 13.3. The first-order chi connectivity index (χ1) is 19.7. The van der Waals surface area contributed by atoms with Gasteiger partial charge in [0, 0.05) is 24.7 Å². The van der Waals surface area contributed by atoms with E-state index in [9.17, 15) is 14.4 Å². The predicted molar refractivity (Wildman–Crippen MR) is 160 cm³/mol. The maximum absolute atomic E-state index is 12.6. The van der Waals surface area contributed by atoms with Crippen LogP contribution < -0.4 is 30.7 Å². The Kier molecular flexibility index (Phi) is 11.5. The number of carbonyl (C=O) groups is 3. The van der Waals surface area contributed by atoms with Crippen molar-refractivity contribution >= 4 is 34.8 Å². The van der Waals surface area contributed by atoms with Crippen LogP contribution in [0, 0.1) is 6.92 Å². The number of esters is 1. The van der Waals surface area contributed by atoms with E-state index in [0.717, 1.165) is 11.1 Å². The minimum atomic E-state index is -0.421. The number of ether oxygens (including phenoxy) is 3. The summed E-state index contributed by atoms with van der Waals surface area (Å²) in [4.78, 5) is 36.9. The number of hydrogen-bond donors (Lipinski definition) is 4. The highest BCUT2D eigenvalue weighted by Gasteiger charge is 2.13. The van der Waals surface area contributed by atoms with E-state index in [2.05, 4.69) is 21.3 Å². The van der Waals surface area contributed by atoms with Crippen molar-refractivity contribution in [1.29, 1.82) is 0 Å². The zero-order valence-corrected chi connectivity index (χ0v) is 24.1. The van der Waals surface area contributed by atoms with Crippen LogP contribution in [0.1, 0.15) is 35.3 Å². The van der Waals surface area contributed by atoms with Gasteiger partial charge < -0.3 is 35.5 Å². The van der Waals surface area contributed by atoms with Gasteiger partial charge in [-0.15, -0.1) is 0 Å². The molecule has 218 valence electrons. The molecular formula is C31H38N4O6. The maximum Gasteiger partial charge on any atom is 0.337 e. The highest BCUT2D eigenvalue weighted by Crippen LogP contribution is 2.28. The molecule has 0 aliphatic carbocycles. The molecule has 0 bridgehead atoms. The number of nitrogens with one attached hydrogen (secondary N) is 4. The van der Waals surface area contributed by atoms with Crippen LogP contribution in [0.25, 0.3) is 0 Å². The molecule has 0 aromatic heterocycles. The van der Waals surface area contributed by atoms with Gasteiger partial charge in [-0.1, -0.05) is 24.3 Å². The number of aryl methyl sites for hydroxylation is 1. The number of Topliss-reactive ketones (excluding diaryl/α,β-unsaturated/α-hetero) is 1. The molecular weight excluding hydrogens is 524 g/mol. The number of methoxy groups -OCH3 is 2. The monoisotopic (exact) mass is 562 g/mol. The number of anilines is 3. The summed E-state index contributed by atoms with van der Waals surface area (Å²) in [6.07, 6.45) is 0.206. The Morgan fingerprint density at radius 1 is 0.854 bits per heavy atom. The highest BCUT2D eigenvalue weighted by molar-refractivity contribution is 6.01. The van der Waals surface area contributed by atoms with Crippen LogP contribution in [0.2, 0.25) is 0 Å². The Morgan fingerprint density at radius 2 is 1.61 bits per heavy atom. The van der Waals surface area contributed by atoms with Gasteiger partial charge in [-0.05, 0) is 68.3 Å². The van der Waals surface area contributed by atoms with E-state index in [1.165, 1.54) is 14.2 Å². The minimum Gasteiger partial charge on any atom is -0.495 e. The van der Waals surface area contributed by atoms with Gasteiger partial charge in [-0.25, -0.2) is 9.59 Å². The van der Waals surface area contributed by atoms with Crippen molar-refractivity contribution in [3.8, 4) is 11.5 Å². The summed E-state index contributed by atoms with van der Waals surface area (Å²) >= 11 is 0. The molecule has 0 aliphatic rings. The molecule has 4 N–H and O–H groups in total. The third-order valence-corrected chi connectivity index (χ3v) is 6.01. The van der Waals surface area contributed by atoms with Gasteiger partial charge in [-0.2, -0.15) is 0 Å². The van der Waals surface area contributed by atoms with Gasteiger partial charge in [0.15, 0.2) is 5.78 Å². The van der Waals surface area contributed by atoms with Gasteiger partial charge in [-0.3, -0.25) is 4.79 Å². The van der Waals surface area contributed by atoms with E-state index in [0.29, 0.717) is 47.3 Å². The highest BCUT2D eigenvalue weighted by atomic mass is 16.5. The van der Waals surface area contributed by atoms with Crippen LogP contribution >= 0.6 is 0 Å². The van der Waals surface area contributed by atoms with E-state index in [4.69, 9.17) is 14.2 Å². The minimum absolute atomic E-state index is 0.00495. The Balaban J connectivity index is 1.47. The Hall–Kier alpha value is -4.57. The second-order valence-electron chi connectivity index (χ2n) is 9.67. The Bertz CT molecular complexity index is 1360. The fraction of sp³-hybridized carbons (Fsp3) is 0.323. The summed E-state index contributed by atoms with van der Waals surface area (Å²) in [6.45, 7) is 6.85. The number of ketones is 1. The number of para-hydroxylation sites is 1. The molecule has 0 spiro atoms. The third-order valence-electron chi connectivity index (χ3n) is 6.01. The average molecular weight is 563 g/mol. The van der Waals surface area contributed by atoms with Gasteiger partial charge in [0.25, 0.3) is 0 Å². The van der Waals surface area contributed by atoms with E-state index in [1.54, 1.807) is 36.4 Å². The van der Waals surface area contributed by atoms with Crippen molar-refractivity contribution in [2.45, 2.75) is 33.2 Å². The molecule has 0 aliphatic heterocycles. The molecule has 3 rings (SSSR count). The van der Waals surface area contributed by atoms with E-state index >= 15 is 0 Å². The smallest absolute Gasteiger partial charge is 0.337 e. The molecule has 3 aromatic rings. The van der Waals surface area contributed by atoms with E-state index < -0.39 is 5.97 Å². The van der Waals surface area contributed by atoms with Gasteiger partial charge >= 0.3 is 12.0 Å². The molecule has 10 nitrogen and oxygen atoms in total. The number of benzene rings is 3. The lowest BCUT2D eigenvalue weighted by molar-refractivity contribution is -0.117. The SMILES string of the molecule is COC(=O)c1ccc(OCCNCC(=O)Cc2ccc(NC(=O)Nc3ccccc3C)c(OC)c2)c(NC(C)C)c1. The molecule has 0 saturated heterocycles. The van der Waals surface area contributed by atoms with Crippen molar-refractivity contribution < 1.29 is 28.6 Å². The van der Waals surface area contributed by atoms with E-state index in [-0.39, 0.29) is 30.8 Å².